The molecule has 0 aromatic heterocycles. The van der Waals surface area contributed by atoms with Crippen LogP contribution < -0.4 is 10.1 Å². The van der Waals surface area contributed by atoms with Crippen LogP contribution in [0.4, 0.5) is 10.5 Å². The number of benzene rings is 2. The molecule has 0 heterocycles. The minimum absolute atomic E-state index is 0.492. The first-order valence-electron chi connectivity index (χ1n) is 6.29. The Labute approximate surface area is 118 Å². The Hall–Kier alpha value is -2.49. The molecule has 2 aromatic rings. The zero-order valence-corrected chi connectivity index (χ0v) is 11.8. The summed E-state index contributed by atoms with van der Waals surface area (Å²) < 4.78 is 10.4. The molecular weight excluding hydrogens is 254 g/mol. The Balaban J connectivity index is 2.13. The summed E-state index contributed by atoms with van der Waals surface area (Å²) in [5.41, 5.74) is 2.83. The number of ether oxygens (including phenoxy) is 2. The molecule has 20 heavy (non-hydrogen) atoms. The molecule has 0 saturated carbocycles. The maximum Gasteiger partial charge on any atom is 0.411 e. The van der Waals surface area contributed by atoms with Gasteiger partial charge in [0.1, 0.15) is 11.5 Å². The van der Waals surface area contributed by atoms with E-state index in [4.69, 9.17) is 4.74 Å². The number of amides is 1. The first-order chi connectivity index (χ1) is 9.60. The van der Waals surface area contributed by atoms with Crippen LogP contribution in [0, 0.1) is 13.8 Å². The van der Waals surface area contributed by atoms with Gasteiger partial charge < -0.3 is 9.47 Å². The summed E-state index contributed by atoms with van der Waals surface area (Å²) >= 11 is 0. The molecule has 0 fully saturated rings. The van der Waals surface area contributed by atoms with Crippen LogP contribution in [0.3, 0.4) is 0 Å². The monoisotopic (exact) mass is 271 g/mol. The fourth-order valence-corrected chi connectivity index (χ4v) is 1.85. The number of methoxy groups -OCH3 is 1. The fourth-order valence-electron chi connectivity index (χ4n) is 1.85. The van der Waals surface area contributed by atoms with Crippen molar-refractivity contribution >= 4 is 11.8 Å². The normalized spacial score (nSPS) is 9.95. The number of carbonyl (C=O) groups excluding carboxylic acids is 1. The number of hydrogen-bond acceptors (Lipinski definition) is 3. The third-order valence-corrected chi connectivity index (χ3v) is 2.91. The van der Waals surface area contributed by atoms with Crippen molar-refractivity contribution in [1.29, 1.82) is 0 Å². The summed E-state index contributed by atoms with van der Waals surface area (Å²) in [6, 6.07) is 13.2. The third-order valence-electron chi connectivity index (χ3n) is 2.91. The van der Waals surface area contributed by atoms with E-state index >= 15 is 0 Å². The van der Waals surface area contributed by atoms with Gasteiger partial charge in [0.2, 0.25) is 0 Å². The van der Waals surface area contributed by atoms with E-state index in [1.807, 2.05) is 32.0 Å². The highest BCUT2D eigenvalue weighted by molar-refractivity contribution is 5.84. The molecule has 0 radical (unpaired) electrons. The van der Waals surface area contributed by atoms with Crippen molar-refractivity contribution in [2.45, 2.75) is 13.8 Å². The minimum atomic E-state index is -0.492. The maximum atomic E-state index is 11.1. The molecule has 0 atom stereocenters. The van der Waals surface area contributed by atoms with E-state index in [1.54, 1.807) is 24.3 Å². The molecule has 1 amide bonds. The SMILES string of the molecule is COC(=O)Nc1ccc(Oc2c(C)cccc2C)cc1. The lowest BCUT2D eigenvalue weighted by atomic mass is 10.1. The van der Waals surface area contributed by atoms with Crippen LogP contribution >= 0.6 is 0 Å². The highest BCUT2D eigenvalue weighted by Gasteiger charge is 2.05. The van der Waals surface area contributed by atoms with E-state index in [0.29, 0.717) is 5.69 Å². The number of carbonyl (C=O) groups is 1. The Bertz CT molecular complexity index is 585. The molecule has 104 valence electrons. The van der Waals surface area contributed by atoms with Crippen LogP contribution in [0.2, 0.25) is 0 Å². The molecule has 0 aliphatic rings. The third kappa shape index (κ3) is 3.29. The van der Waals surface area contributed by atoms with Crippen molar-refractivity contribution < 1.29 is 14.3 Å². The van der Waals surface area contributed by atoms with E-state index in [0.717, 1.165) is 22.6 Å². The number of para-hydroxylation sites is 1. The number of aryl methyl sites for hydroxylation is 2. The highest BCUT2D eigenvalue weighted by Crippen LogP contribution is 2.29. The lowest BCUT2D eigenvalue weighted by Crippen LogP contribution is -2.10. The van der Waals surface area contributed by atoms with E-state index in [1.165, 1.54) is 7.11 Å². The number of hydrogen-bond donors (Lipinski definition) is 1. The smallest absolute Gasteiger partial charge is 0.411 e. The molecule has 4 heteroatoms. The first-order valence-corrected chi connectivity index (χ1v) is 6.29. The van der Waals surface area contributed by atoms with E-state index in [-0.39, 0.29) is 0 Å². The molecule has 0 bridgehead atoms. The molecule has 0 unspecified atom stereocenters. The fraction of sp³-hybridized carbons (Fsp3) is 0.188. The Morgan fingerprint density at radius 2 is 1.60 bits per heavy atom. The predicted octanol–water partition coefficient (Wildman–Crippen LogP) is 4.27. The first kappa shape index (κ1) is 13.9. The maximum absolute atomic E-state index is 11.1. The van der Waals surface area contributed by atoms with Crippen LogP contribution in [0.25, 0.3) is 0 Å². The van der Waals surface area contributed by atoms with E-state index in [2.05, 4.69) is 10.1 Å². The van der Waals surface area contributed by atoms with Gasteiger partial charge in [0.15, 0.2) is 0 Å². The van der Waals surface area contributed by atoms with Crippen molar-refractivity contribution in [1.82, 2.24) is 0 Å². The molecule has 0 aliphatic carbocycles. The molecule has 1 N–H and O–H groups in total. The van der Waals surface area contributed by atoms with Gasteiger partial charge in [-0.25, -0.2) is 4.79 Å². The summed E-state index contributed by atoms with van der Waals surface area (Å²) in [7, 11) is 1.33. The van der Waals surface area contributed by atoms with Gasteiger partial charge in [-0.1, -0.05) is 18.2 Å². The molecule has 0 spiro atoms. The summed E-state index contributed by atoms with van der Waals surface area (Å²) in [6.07, 6.45) is -0.492. The number of anilines is 1. The minimum Gasteiger partial charge on any atom is -0.457 e. The van der Waals surface area contributed by atoms with Gasteiger partial charge >= 0.3 is 6.09 Å². The second kappa shape index (κ2) is 6.10. The van der Waals surface area contributed by atoms with Crippen molar-refractivity contribution in [2.75, 3.05) is 12.4 Å². The lowest BCUT2D eigenvalue weighted by molar-refractivity contribution is 0.187. The molecular formula is C16H17NO3. The van der Waals surface area contributed by atoms with Crippen molar-refractivity contribution in [2.24, 2.45) is 0 Å². The number of nitrogens with one attached hydrogen (secondary N) is 1. The largest absolute Gasteiger partial charge is 0.457 e. The Morgan fingerprint density at radius 1 is 1.00 bits per heavy atom. The molecule has 2 rings (SSSR count). The van der Waals surface area contributed by atoms with Gasteiger partial charge in [0.05, 0.1) is 7.11 Å². The highest BCUT2D eigenvalue weighted by atomic mass is 16.5. The molecule has 2 aromatic carbocycles. The Morgan fingerprint density at radius 3 is 2.15 bits per heavy atom. The topological polar surface area (TPSA) is 47.6 Å². The van der Waals surface area contributed by atoms with E-state index < -0.39 is 6.09 Å². The van der Waals surface area contributed by atoms with Crippen molar-refractivity contribution in [3.63, 3.8) is 0 Å². The molecule has 0 aliphatic heterocycles. The van der Waals surface area contributed by atoms with Crippen molar-refractivity contribution in [3.8, 4) is 11.5 Å². The second-order valence-corrected chi connectivity index (χ2v) is 4.46. The van der Waals surface area contributed by atoms with Gasteiger partial charge in [0.25, 0.3) is 0 Å². The van der Waals surface area contributed by atoms with Crippen LogP contribution in [-0.4, -0.2) is 13.2 Å². The Kier molecular flexibility index (Phi) is 4.25. The summed E-state index contributed by atoms with van der Waals surface area (Å²) in [5.74, 6) is 1.58. The zero-order chi connectivity index (χ0) is 14.5. The van der Waals surface area contributed by atoms with Crippen LogP contribution in [0.5, 0.6) is 11.5 Å². The number of rotatable bonds is 3. The van der Waals surface area contributed by atoms with Crippen LogP contribution in [-0.2, 0) is 4.74 Å². The quantitative estimate of drug-likeness (QED) is 0.906. The van der Waals surface area contributed by atoms with Gasteiger partial charge in [-0.2, -0.15) is 0 Å². The van der Waals surface area contributed by atoms with Crippen molar-refractivity contribution in [3.05, 3.63) is 53.6 Å². The van der Waals surface area contributed by atoms with Gasteiger partial charge in [-0.15, -0.1) is 0 Å². The summed E-state index contributed by atoms with van der Waals surface area (Å²) in [6.45, 7) is 4.02. The van der Waals surface area contributed by atoms with Gasteiger partial charge in [-0.3, -0.25) is 5.32 Å². The molecule has 0 saturated heterocycles. The van der Waals surface area contributed by atoms with Gasteiger partial charge in [0, 0.05) is 5.69 Å². The average molecular weight is 271 g/mol. The van der Waals surface area contributed by atoms with Gasteiger partial charge in [-0.05, 0) is 49.2 Å². The summed E-state index contributed by atoms with van der Waals surface area (Å²) in [4.78, 5) is 11.1. The molecule has 4 nitrogen and oxygen atoms in total. The average Bonchev–Trinajstić information content (AvgIpc) is 2.44. The predicted molar refractivity (Wildman–Crippen MR) is 78.5 cm³/mol. The standard InChI is InChI=1S/C16H17NO3/c1-11-5-4-6-12(2)15(11)20-14-9-7-13(8-10-14)17-16(18)19-3/h4-10H,1-3H3,(H,17,18). The lowest BCUT2D eigenvalue weighted by Gasteiger charge is -2.12. The zero-order valence-electron chi connectivity index (χ0n) is 11.8. The summed E-state index contributed by atoms with van der Waals surface area (Å²) in [5, 5.41) is 2.59. The van der Waals surface area contributed by atoms with E-state index in [9.17, 15) is 4.79 Å². The second-order valence-electron chi connectivity index (χ2n) is 4.46. The van der Waals surface area contributed by atoms with Crippen LogP contribution in [0.15, 0.2) is 42.5 Å². The van der Waals surface area contributed by atoms with Crippen LogP contribution in [0.1, 0.15) is 11.1 Å².